The zero-order valence-electron chi connectivity index (χ0n) is 14.1. The van der Waals surface area contributed by atoms with E-state index in [2.05, 4.69) is 9.93 Å². The van der Waals surface area contributed by atoms with Gasteiger partial charge < -0.3 is 0 Å². The van der Waals surface area contributed by atoms with Gasteiger partial charge in [0.15, 0.2) is 0 Å². The van der Waals surface area contributed by atoms with Crippen LogP contribution in [0.2, 0.25) is 0 Å². The van der Waals surface area contributed by atoms with Crippen molar-refractivity contribution in [2.45, 2.75) is 11.8 Å². The van der Waals surface area contributed by atoms with Crippen LogP contribution in [0, 0.1) is 12.7 Å². The van der Waals surface area contributed by atoms with E-state index in [0.29, 0.717) is 5.56 Å². The van der Waals surface area contributed by atoms with Crippen LogP contribution in [0.5, 0.6) is 0 Å². The molecule has 6 heteroatoms. The highest BCUT2D eigenvalue weighted by atomic mass is 32.2. The third-order valence-corrected chi connectivity index (χ3v) is 5.06. The number of rotatable bonds is 5. The smallest absolute Gasteiger partial charge is 0.207 e. The lowest BCUT2D eigenvalue weighted by atomic mass is 10.0. The zero-order valence-corrected chi connectivity index (χ0v) is 14.9. The quantitative estimate of drug-likeness (QED) is 0.544. The SMILES string of the molecule is Cc1ccc(S(=O)(=O)NN=Cc2ccccc2-c2ccc(F)cc2)cc1. The molecule has 1 N–H and O–H groups in total. The van der Waals surface area contributed by atoms with Crippen molar-refractivity contribution in [1.29, 1.82) is 0 Å². The Balaban J connectivity index is 1.83. The predicted molar refractivity (Wildman–Crippen MR) is 101 cm³/mol. The van der Waals surface area contributed by atoms with Crippen molar-refractivity contribution in [3.63, 3.8) is 0 Å². The summed E-state index contributed by atoms with van der Waals surface area (Å²) in [4.78, 5) is 2.36. The molecular formula is C20H17FN2O2S. The van der Waals surface area contributed by atoms with E-state index in [1.54, 1.807) is 24.3 Å². The molecule has 0 heterocycles. The van der Waals surface area contributed by atoms with E-state index in [4.69, 9.17) is 0 Å². The first kappa shape index (κ1) is 17.8. The number of aryl methyl sites for hydroxylation is 1. The second-order valence-electron chi connectivity index (χ2n) is 5.76. The van der Waals surface area contributed by atoms with Gasteiger partial charge in [-0.2, -0.15) is 13.5 Å². The van der Waals surface area contributed by atoms with Crippen LogP contribution >= 0.6 is 0 Å². The van der Waals surface area contributed by atoms with Gasteiger partial charge in [-0.15, -0.1) is 0 Å². The number of nitrogens with one attached hydrogen (secondary N) is 1. The molecule has 0 spiro atoms. The van der Waals surface area contributed by atoms with E-state index in [-0.39, 0.29) is 10.7 Å². The van der Waals surface area contributed by atoms with Gasteiger partial charge >= 0.3 is 0 Å². The second kappa shape index (κ2) is 7.49. The molecule has 0 bridgehead atoms. The fraction of sp³-hybridized carbons (Fsp3) is 0.0500. The van der Waals surface area contributed by atoms with Crippen molar-refractivity contribution in [1.82, 2.24) is 4.83 Å². The fourth-order valence-electron chi connectivity index (χ4n) is 2.44. The van der Waals surface area contributed by atoms with Gasteiger partial charge in [0.1, 0.15) is 5.82 Å². The van der Waals surface area contributed by atoms with Crippen molar-refractivity contribution in [2.75, 3.05) is 0 Å². The molecule has 0 aromatic heterocycles. The molecule has 0 radical (unpaired) electrons. The van der Waals surface area contributed by atoms with E-state index < -0.39 is 10.0 Å². The summed E-state index contributed by atoms with van der Waals surface area (Å²) in [5, 5.41) is 3.88. The fourth-order valence-corrected chi connectivity index (χ4v) is 3.23. The number of sulfonamides is 1. The van der Waals surface area contributed by atoms with Crippen LogP contribution in [0.15, 0.2) is 82.8 Å². The minimum Gasteiger partial charge on any atom is -0.207 e. The summed E-state index contributed by atoms with van der Waals surface area (Å²) in [5.74, 6) is -0.314. The Morgan fingerprint density at radius 3 is 2.27 bits per heavy atom. The van der Waals surface area contributed by atoms with Crippen LogP contribution in [0.25, 0.3) is 11.1 Å². The average molecular weight is 368 g/mol. The van der Waals surface area contributed by atoms with E-state index >= 15 is 0 Å². The average Bonchev–Trinajstić information content (AvgIpc) is 2.63. The molecule has 4 nitrogen and oxygen atoms in total. The molecule has 26 heavy (non-hydrogen) atoms. The molecule has 0 fully saturated rings. The maximum atomic E-state index is 13.1. The van der Waals surface area contributed by atoms with Crippen molar-refractivity contribution >= 4 is 16.2 Å². The van der Waals surface area contributed by atoms with Gasteiger partial charge in [0.25, 0.3) is 10.0 Å². The predicted octanol–water partition coefficient (Wildman–Crippen LogP) is 4.11. The van der Waals surface area contributed by atoms with Crippen molar-refractivity contribution in [3.8, 4) is 11.1 Å². The normalized spacial score (nSPS) is 11.6. The van der Waals surface area contributed by atoms with Crippen molar-refractivity contribution in [2.24, 2.45) is 5.10 Å². The van der Waals surface area contributed by atoms with Gasteiger partial charge in [0.05, 0.1) is 11.1 Å². The maximum Gasteiger partial charge on any atom is 0.276 e. The summed E-state index contributed by atoms with van der Waals surface area (Å²) >= 11 is 0. The molecule has 0 unspecified atom stereocenters. The van der Waals surface area contributed by atoms with Gasteiger partial charge in [-0.05, 0) is 42.3 Å². The Morgan fingerprint density at radius 1 is 0.923 bits per heavy atom. The van der Waals surface area contributed by atoms with Gasteiger partial charge in [0, 0.05) is 5.56 Å². The highest BCUT2D eigenvalue weighted by Crippen LogP contribution is 2.22. The van der Waals surface area contributed by atoms with E-state index in [1.165, 1.54) is 30.5 Å². The summed E-state index contributed by atoms with van der Waals surface area (Å²) in [6.45, 7) is 1.88. The van der Waals surface area contributed by atoms with Crippen LogP contribution in [0.4, 0.5) is 4.39 Å². The standard InChI is InChI=1S/C20H17FN2O2S/c1-15-6-12-19(13-7-15)26(24,25)23-22-14-17-4-2-3-5-20(17)16-8-10-18(21)11-9-16/h2-14,23H,1H3. The summed E-state index contributed by atoms with van der Waals surface area (Å²) in [5.41, 5.74) is 3.33. The Morgan fingerprint density at radius 2 is 1.58 bits per heavy atom. The molecule has 0 aliphatic heterocycles. The van der Waals surface area contributed by atoms with Crippen LogP contribution < -0.4 is 4.83 Å². The lowest BCUT2D eigenvalue weighted by Crippen LogP contribution is -2.18. The molecule has 0 atom stereocenters. The van der Waals surface area contributed by atoms with E-state index in [9.17, 15) is 12.8 Å². The minimum atomic E-state index is -3.73. The molecule has 3 rings (SSSR count). The maximum absolute atomic E-state index is 13.1. The van der Waals surface area contributed by atoms with Crippen molar-refractivity contribution < 1.29 is 12.8 Å². The minimum absolute atomic E-state index is 0.145. The number of hydrogen-bond donors (Lipinski definition) is 1. The molecule has 3 aromatic carbocycles. The topological polar surface area (TPSA) is 58.5 Å². The third kappa shape index (κ3) is 4.15. The Bertz CT molecular complexity index is 1030. The molecule has 3 aromatic rings. The van der Waals surface area contributed by atoms with Gasteiger partial charge in [-0.25, -0.2) is 9.22 Å². The molecule has 0 amide bonds. The number of nitrogens with zero attached hydrogens (tertiary/aromatic N) is 1. The highest BCUT2D eigenvalue weighted by Gasteiger charge is 2.12. The molecule has 132 valence electrons. The zero-order chi connectivity index (χ0) is 18.6. The summed E-state index contributed by atoms with van der Waals surface area (Å²) < 4.78 is 37.6. The summed E-state index contributed by atoms with van der Waals surface area (Å²) in [6.07, 6.45) is 1.43. The van der Waals surface area contributed by atoms with Crippen LogP contribution in [-0.2, 0) is 10.0 Å². The molecule has 0 saturated heterocycles. The van der Waals surface area contributed by atoms with E-state index in [1.807, 2.05) is 31.2 Å². The number of hydrazone groups is 1. The second-order valence-corrected chi connectivity index (χ2v) is 7.42. The first-order valence-electron chi connectivity index (χ1n) is 7.92. The summed E-state index contributed by atoms with van der Waals surface area (Å²) in [7, 11) is -3.73. The lowest BCUT2D eigenvalue weighted by Gasteiger charge is -2.07. The first-order valence-corrected chi connectivity index (χ1v) is 9.40. The van der Waals surface area contributed by atoms with Crippen LogP contribution in [-0.4, -0.2) is 14.6 Å². The Kier molecular flexibility index (Phi) is 5.14. The molecule has 0 aliphatic rings. The largest absolute Gasteiger partial charge is 0.276 e. The monoisotopic (exact) mass is 368 g/mol. The molecule has 0 aliphatic carbocycles. The summed E-state index contributed by atoms with van der Waals surface area (Å²) in [6, 6.07) is 19.9. The third-order valence-electron chi connectivity index (χ3n) is 3.82. The Labute approximate surface area is 152 Å². The van der Waals surface area contributed by atoms with Gasteiger partial charge in [-0.1, -0.05) is 54.1 Å². The number of halogens is 1. The Hall–Kier alpha value is -2.99. The number of benzene rings is 3. The van der Waals surface area contributed by atoms with E-state index in [0.717, 1.165) is 16.7 Å². The first-order chi connectivity index (χ1) is 12.5. The van der Waals surface area contributed by atoms with Crippen molar-refractivity contribution in [3.05, 3.63) is 89.7 Å². The van der Waals surface area contributed by atoms with Gasteiger partial charge in [-0.3, -0.25) is 0 Å². The number of hydrogen-bond acceptors (Lipinski definition) is 3. The highest BCUT2D eigenvalue weighted by molar-refractivity contribution is 7.89. The van der Waals surface area contributed by atoms with Gasteiger partial charge in [0.2, 0.25) is 0 Å². The molecule has 0 saturated carbocycles. The lowest BCUT2D eigenvalue weighted by molar-refractivity contribution is 0.584. The van der Waals surface area contributed by atoms with Crippen LogP contribution in [0.1, 0.15) is 11.1 Å². The van der Waals surface area contributed by atoms with Crippen LogP contribution in [0.3, 0.4) is 0 Å². The molecular weight excluding hydrogens is 351 g/mol.